The largest absolute Gasteiger partial charge is 0.480 e. The van der Waals surface area contributed by atoms with E-state index in [2.05, 4.69) is 39.2 Å². The van der Waals surface area contributed by atoms with Crippen LogP contribution < -0.4 is 15.2 Å². The molecule has 0 aliphatic rings. The number of carboxylic acids is 1. The third kappa shape index (κ3) is 8.09. The minimum absolute atomic E-state index is 0.0346. The Hall–Kier alpha value is -1.89. The lowest BCUT2D eigenvalue weighted by atomic mass is 10.3. The number of carboxylic acid groups (broad SMARTS) is 1. The highest BCUT2D eigenvalue weighted by atomic mass is 16.4. The third-order valence-corrected chi connectivity index (χ3v) is 2.99. The summed E-state index contributed by atoms with van der Waals surface area (Å²) in [5.41, 5.74) is 0. The number of carbonyl (C=O) groups excluding carboxylic acids is 1. The molecule has 7 heteroatoms. The number of aromatic nitrogens is 2. The predicted octanol–water partition coefficient (Wildman–Crippen LogP) is -0.244. The second kappa shape index (κ2) is 9.93. The summed E-state index contributed by atoms with van der Waals surface area (Å²) in [6.45, 7) is 4.48. The van der Waals surface area contributed by atoms with E-state index >= 15 is 0 Å². The lowest BCUT2D eigenvalue weighted by molar-refractivity contribution is -0.696. The van der Waals surface area contributed by atoms with Crippen LogP contribution in [-0.4, -0.2) is 41.2 Å². The number of carbonyl (C=O) groups is 2. The molecule has 0 radical (unpaired) electrons. The van der Waals surface area contributed by atoms with E-state index in [0.717, 1.165) is 19.5 Å². The SMILES string of the molecule is CCCCn1cc[n+](CCCNC(=O)CNCC(=O)O)c1. The molecule has 1 aromatic rings. The van der Waals surface area contributed by atoms with Crippen LogP contribution in [0.15, 0.2) is 18.7 Å². The quantitative estimate of drug-likeness (QED) is 0.388. The van der Waals surface area contributed by atoms with Gasteiger partial charge in [-0.3, -0.25) is 14.9 Å². The molecule has 21 heavy (non-hydrogen) atoms. The van der Waals surface area contributed by atoms with E-state index in [-0.39, 0.29) is 19.0 Å². The number of rotatable bonds is 11. The van der Waals surface area contributed by atoms with Crippen molar-refractivity contribution in [3.63, 3.8) is 0 Å². The number of hydrogen-bond acceptors (Lipinski definition) is 3. The molecule has 1 heterocycles. The van der Waals surface area contributed by atoms with Gasteiger partial charge < -0.3 is 10.4 Å². The standard InChI is InChI=1S/C14H24N4O3/c1-2-3-6-17-8-9-18(12-17)7-4-5-16-13(19)10-15-11-14(20)21/h8-9,12,15H,2-7,10-11H2,1H3,(H-,16,19,20,21)/p+1. The van der Waals surface area contributed by atoms with Crippen LogP contribution in [0.3, 0.4) is 0 Å². The van der Waals surface area contributed by atoms with Gasteiger partial charge in [-0.15, -0.1) is 0 Å². The number of amides is 1. The van der Waals surface area contributed by atoms with Gasteiger partial charge in [-0.1, -0.05) is 13.3 Å². The highest BCUT2D eigenvalue weighted by Gasteiger charge is 2.04. The van der Waals surface area contributed by atoms with Gasteiger partial charge in [0.1, 0.15) is 12.4 Å². The molecule has 118 valence electrons. The maximum Gasteiger partial charge on any atom is 0.317 e. The zero-order valence-corrected chi connectivity index (χ0v) is 12.5. The van der Waals surface area contributed by atoms with E-state index in [0.29, 0.717) is 6.54 Å². The summed E-state index contributed by atoms with van der Waals surface area (Å²) in [6, 6.07) is 0. The number of imidazole rings is 1. The topological polar surface area (TPSA) is 87.2 Å². The fraction of sp³-hybridized carbons (Fsp3) is 0.643. The fourth-order valence-corrected chi connectivity index (χ4v) is 1.88. The maximum absolute atomic E-state index is 11.4. The van der Waals surface area contributed by atoms with Crippen LogP contribution in [-0.2, 0) is 22.7 Å². The Morgan fingerprint density at radius 1 is 1.29 bits per heavy atom. The smallest absolute Gasteiger partial charge is 0.317 e. The molecule has 7 nitrogen and oxygen atoms in total. The Balaban J connectivity index is 2.09. The maximum atomic E-state index is 11.4. The predicted molar refractivity (Wildman–Crippen MR) is 77.7 cm³/mol. The van der Waals surface area contributed by atoms with Crippen molar-refractivity contribution in [1.29, 1.82) is 0 Å². The first kappa shape index (κ1) is 17.2. The van der Waals surface area contributed by atoms with Gasteiger partial charge in [0, 0.05) is 13.0 Å². The Morgan fingerprint density at radius 3 is 2.81 bits per heavy atom. The van der Waals surface area contributed by atoms with Crippen molar-refractivity contribution in [3.05, 3.63) is 18.7 Å². The first-order valence-electron chi connectivity index (χ1n) is 7.36. The second-order valence-electron chi connectivity index (χ2n) is 4.94. The molecule has 0 aliphatic heterocycles. The van der Waals surface area contributed by atoms with Crippen molar-refractivity contribution >= 4 is 11.9 Å². The number of nitrogens with zero attached hydrogens (tertiary/aromatic N) is 2. The van der Waals surface area contributed by atoms with Gasteiger partial charge in [0.25, 0.3) is 0 Å². The van der Waals surface area contributed by atoms with Crippen molar-refractivity contribution < 1.29 is 19.3 Å². The molecule has 1 amide bonds. The summed E-state index contributed by atoms with van der Waals surface area (Å²) in [5, 5.41) is 13.7. The summed E-state index contributed by atoms with van der Waals surface area (Å²) >= 11 is 0. The molecular formula is C14H25N4O3+. The lowest BCUT2D eigenvalue weighted by Gasteiger charge is -2.04. The van der Waals surface area contributed by atoms with Crippen LogP contribution in [0.5, 0.6) is 0 Å². The Morgan fingerprint density at radius 2 is 2.10 bits per heavy atom. The summed E-state index contributed by atoms with van der Waals surface area (Å²) in [5.74, 6) is -1.14. The van der Waals surface area contributed by atoms with Crippen molar-refractivity contribution in [3.8, 4) is 0 Å². The summed E-state index contributed by atoms with van der Waals surface area (Å²) in [6.07, 6.45) is 9.36. The second-order valence-corrected chi connectivity index (χ2v) is 4.94. The molecular weight excluding hydrogens is 272 g/mol. The van der Waals surface area contributed by atoms with E-state index in [4.69, 9.17) is 5.11 Å². The van der Waals surface area contributed by atoms with Crippen molar-refractivity contribution in [2.24, 2.45) is 0 Å². The summed E-state index contributed by atoms with van der Waals surface area (Å²) in [7, 11) is 0. The molecule has 0 saturated carbocycles. The first-order chi connectivity index (χ1) is 10.1. The highest BCUT2D eigenvalue weighted by Crippen LogP contribution is 1.93. The fourth-order valence-electron chi connectivity index (χ4n) is 1.88. The molecule has 3 N–H and O–H groups in total. The first-order valence-corrected chi connectivity index (χ1v) is 7.36. The normalized spacial score (nSPS) is 10.5. The lowest BCUT2D eigenvalue weighted by Crippen LogP contribution is -2.38. The zero-order chi connectivity index (χ0) is 15.5. The monoisotopic (exact) mass is 297 g/mol. The van der Waals surface area contributed by atoms with Crippen LogP contribution in [0.25, 0.3) is 0 Å². The molecule has 0 unspecified atom stereocenters. The van der Waals surface area contributed by atoms with E-state index in [1.165, 1.54) is 12.8 Å². The molecule has 0 saturated heterocycles. The van der Waals surface area contributed by atoms with Gasteiger partial charge in [0.15, 0.2) is 0 Å². The van der Waals surface area contributed by atoms with E-state index in [1.54, 1.807) is 0 Å². The minimum atomic E-state index is -0.966. The van der Waals surface area contributed by atoms with Gasteiger partial charge in [0.2, 0.25) is 12.2 Å². The van der Waals surface area contributed by atoms with Crippen LogP contribution in [0.1, 0.15) is 26.2 Å². The van der Waals surface area contributed by atoms with Crippen LogP contribution in [0, 0.1) is 0 Å². The molecule has 0 fully saturated rings. The molecule has 0 atom stereocenters. The van der Waals surface area contributed by atoms with Crippen LogP contribution in [0.2, 0.25) is 0 Å². The molecule has 1 aromatic heterocycles. The Labute approximate surface area is 125 Å². The summed E-state index contributed by atoms with van der Waals surface area (Å²) < 4.78 is 4.27. The average Bonchev–Trinajstić information content (AvgIpc) is 2.89. The van der Waals surface area contributed by atoms with Crippen molar-refractivity contribution in [1.82, 2.24) is 15.2 Å². The molecule has 0 spiro atoms. The molecule has 0 aromatic carbocycles. The van der Waals surface area contributed by atoms with Gasteiger partial charge in [-0.05, 0) is 6.42 Å². The molecule has 0 aliphatic carbocycles. The third-order valence-electron chi connectivity index (χ3n) is 2.99. The van der Waals surface area contributed by atoms with Gasteiger partial charge in [0.05, 0.1) is 26.2 Å². The van der Waals surface area contributed by atoms with E-state index in [9.17, 15) is 9.59 Å². The number of aryl methyl sites for hydroxylation is 2. The number of hydrogen-bond donors (Lipinski definition) is 3. The van der Waals surface area contributed by atoms with Crippen molar-refractivity contribution in [2.45, 2.75) is 39.3 Å². The summed E-state index contributed by atoms with van der Waals surface area (Å²) in [4.78, 5) is 21.6. The van der Waals surface area contributed by atoms with Gasteiger partial charge in [-0.2, -0.15) is 0 Å². The van der Waals surface area contributed by atoms with Gasteiger partial charge >= 0.3 is 5.97 Å². The number of unbranched alkanes of at least 4 members (excludes halogenated alkanes) is 1. The highest BCUT2D eigenvalue weighted by molar-refractivity contribution is 5.78. The average molecular weight is 297 g/mol. The minimum Gasteiger partial charge on any atom is -0.480 e. The Kier molecular flexibility index (Phi) is 8.11. The number of aliphatic carboxylic acids is 1. The molecule has 1 rings (SSSR count). The van der Waals surface area contributed by atoms with Crippen molar-refractivity contribution in [2.75, 3.05) is 19.6 Å². The van der Waals surface area contributed by atoms with E-state index < -0.39 is 5.97 Å². The van der Waals surface area contributed by atoms with E-state index in [1.807, 2.05) is 6.20 Å². The van der Waals surface area contributed by atoms with Gasteiger partial charge in [-0.25, -0.2) is 9.13 Å². The van der Waals surface area contributed by atoms with Crippen LogP contribution >= 0.6 is 0 Å². The number of nitrogens with one attached hydrogen (secondary N) is 2. The molecule has 0 bridgehead atoms. The zero-order valence-electron chi connectivity index (χ0n) is 12.5. The Bertz CT molecular complexity index is 445. The van der Waals surface area contributed by atoms with Crippen LogP contribution in [0.4, 0.5) is 0 Å².